The Morgan fingerprint density at radius 1 is 1.17 bits per heavy atom. The van der Waals surface area contributed by atoms with Gasteiger partial charge in [-0.1, -0.05) is 27.2 Å². The monoisotopic (exact) mass is 419 g/mol. The fourth-order valence-corrected chi connectivity index (χ4v) is 4.52. The maximum Gasteiger partial charge on any atom is 0.325 e. The number of nitrogens with zero attached hydrogens (tertiary/aromatic N) is 2. The van der Waals surface area contributed by atoms with Gasteiger partial charge in [0, 0.05) is 37.9 Å². The van der Waals surface area contributed by atoms with E-state index in [-0.39, 0.29) is 11.8 Å². The lowest BCUT2D eigenvalue weighted by molar-refractivity contribution is -0.161. The minimum absolute atomic E-state index is 0.0299. The minimum atomic E-state index is -0.812. The van der Waals surface area contributed by atoms with Crippen LogP contribution in [0.15, 0.2) is 15.8 Å². The van der Waals surface area contributed by atoms with Crippen LogP contribution in [-0.2, 0) is 16.1 Å². The highest BCUT2D eigenvalue weighted by atomic mass is 16.2. The average Bonchev–Trinajstić information content (AvgIpc) is 2.69. The number of H-pyrrole nitrogens is 2. The Balaban J connectivity index is 1.75. The van der Waals surface area contributed by atoms with Crippen molar-refractivity contribution in [3.05, 3.63) is 32.6 Å². The molecule has 3 N–H and O–H groups in total. The van der Waals surface area contributed by atoms with Crippen molar-refractivity contribution in [3.63, 3.8) is 0 Å². The minimum Gasteiger partial charge on any atom is -0.342 e. The third-order valence-electron chi connectivity index (χ3n) is 6.22. The molecule has 1 aromatic rings. The Morgan fingerprint density at radius 2 is 1.87 bits per heavy atom. The summed E-state index contributed by atoms with van der Waals surface area (Å²) in [4.78, 5) is 58.3. The number of unbranched alkanes of at least 4 members (excludes halogenated alkanes) is 1. The standard InChI is InChI=1S/C21H33N5O4/c1-4-5-8-26-18(28)16(11-14(2)3)23-19(29)21(26)6-9-25(10-7-21)13-15-12-22-20(30)24-17(15)27/h12,14,16H,4-11,13H2,1-3H3,(H,23,29)(H2,22,24,27,30). The number of hydrogen-bond donors (Lipinski definition) is 3. The Bertz CT molecular complexity index is 882. The summed E-state index contributed by atoms with van der Waals surface area (Å²) >= 11 is 0. The van der Waals surface area contributed by atoms with Crippen LogP contribution in [0.3, 0.4) is 0 Å². The van der Waals surface area contributed by atoms with Gasteiger partial charge in [0.15, 0.2) is 0 Å². The van der Waals surface area contributed by atoms with Gasteiger partial charge >= 0.3 is 5.69 Å². The van der Waals surface area contributed by atoms with Crippen LogP contribution in [0.25, 0.3) is 0 Å². The summed E-state index contributed by atoms with van der Waals surface area (Å²) in [6.45, 7) is 8.36. The molecule has 0 aliphatic carbocycles. The molecule has 0 saturated carbocycles. The number of piperidine rings is 1. The van der Waals surface area contributed by atoms with Gasteiger partial charge in [0.1, 0.15) is 11.6 Å². The van der Waals surface area contributed by atoms with Crippen molar-refractivity contribution < 1.29 is 9.59 Å². The van der Waals surface area contributed by atoms with Crippen molar-refractivity contribution in [1.82, 2.24) is 25.1 Å². The molecule has 166 valence electrons. The van der Waals surface area contributed by atoms with Gasteiger partial charge in [-0.05, 0) is 31.6 Å². The predicted octanol–water partition coefficient (Wildman–Crippen LogP) is 0.571. The molecule has 1 unspecified atom stereocenters. The Labute approximate surface area is 176 Å². The maximum absolute atomic E-state index is 13.3. The Hall–Kier alpha value is -2.42. The molecule has 1 atom stereocenters. The molecular formula is C21H33N5O4. The van der Waals surface area contributed by atoms with E-state index in [4.69, 9.17) is 0 Å². The van der Waals surface area contributed by atoms with E-state index in [0.717, 1.165) is 12.8 Å². The first-order valence-electron chi connectivity index (χ1n) is 10.9. The second kappa shape index (κ2) is 9.16. The molecule has 0 aromatic carbocycles. The highest BCUT2D eigenvalue weighted by molar-refractivity contribution is 6.00. The maximum atomic E-state index is 13.3. The molecule has 2 fully saturated rings. The number of rotatable bonds is 7. The zero-order chi connectivity index (χ0) is 21.9. The van der Waals surface area contributed by atoms with Crippen molar-refractivity contribution in [2.45, 2.75) is 71.0 Å². The molecule has 3 rings (SSSR count). The molecule has 2 amide bonds. The molecule has 2 saturated heterocycles. The van der Waals surface area contributed by atoms with Crippen molar-refractivity contribution in [3.8, 4) is 0 Å². The van der Waals surface area contributed by atoms with Crippen molar-refractivity contribution in [2.24, 2.45) is 5.92 Å². The number of hydrogen-bond acceptors (Lipinski definition) is 5. The van der Waals surface area contributed by atoms with Gasteiger partial charge in [-0.15, -0.1) is 0 Å². The molecule has 1 aromatic heterocycles. The Kier molecular flexibility index (Phi) is 6.80. The third-order valence-corrected chi connectivity index (χ3v) is 6.22. The van der Waals surface area contributed by atoms with Gasteiger partial charge in [-0.3, -0.25) is 24.3 Å². The number of carbonyl (C=O) groups excluding carboxylic acids is 2. The van der Waals surface area contributed by atoms with Crippen LogP contribution in [0.4, 0.5) is 0 Å². The van der Waals surface area contributed by atoms with Gasteiger partial charge in [-0.2, -0.15) is 0 Å². The zero-order valence-electron chi connectivity index (χ0n) is 18.1. The topological polar surface area (TPSA) is 118 Å². The molecule has 9 nitrogen and oxygen atoms in total. The summed E-state index contributed by atoms with van der Waals surface area (Å²) in [6.07, 6.45) is 4.97. The molecule has 2 aliphatic rings. The summed E-state index contributed by atoms with van der Waals surface area (Å²) in [5.41, 5.74) is -1.25. The molecule has 1 spiro atoms. The largest absolute Gasteiger partial charge is 0.342 e. The highest BCUT2D eigenvalue weighted by Crippen LogP contribution is 2.34. The number of nitrogens with one attached hydrogen (secondary N) is 3. The molecule has 2 aliphatic heterocycles. The number of amides is 2. The van der Waals surface area contributed by atoms with Crippen molar-refractivity contribution >= 4 is 11.8 Å². The van der Waals surface area contributed by atoms with Crippen molar-refractivity contribution in [1.29, 1.82) is 0 Å². The van der Waals surface area contributed by atoms with E-state index >= 15 is 0 Å². The van der Waals surface area contributed by atoms with E-state index < -0.39 is 22.8 Å². The molecule has 0 radical (unpaired) electrons. The molecular weight excluding hydrogens is 386 g/mol. The smallest absolute Gasteiger partial charge is 0.325 e. The van der Waals surface area contributed by atoms with E-state index in [1.807, 2.05) is 4.90 Å². The van der Waals surface area contributed by atoms with Gasteiger partial charge in [-0.25, -0.2) is 4.79 Å². The lowest BCUT2D eigenvalue weighted by Crippen LogP contribution is -2.73. The number of piperazine rings is 1. The number of likely N-dealkylation sites (tertiary alicyclic amines) is 1. The molecule has 9 heteroatoms. The molecule has 0 bridgehead atoms. The van der Waals surface area contributed by atoms with E-state index in [1.54, 1.807) is 0 Å². The normalized spacial score (nSPS) is 22.0. The quantitative estimate of drug-likeness (QED) is 0.597. The van der Waals surface area contributed by atoms with E-state index in [2.05, 4.69) is 41.0 Å². The van der Waals surface area contributed by atoms with E-state index in [0.29, 0.717) is 56.9 Å². The number of aromatic nitrogens is 2. The summed E-state index contributed by atoms with van der Waals surface area (Å²) in [5.74, 6) is 0.297. The van der Waals surface area contributed by atoms with Crippen LogP contribution in [-0.4, -0.2) is 62.8 Å². The summed E-state index contributed by atoms with van der Waals surface area (Å²) < 4.78 is 0. The highest BCUT2D eigenvalue weighted by Gasteiger charge is 2.53. The van der Waals surface area contributed by atoms with Gasteiger partial charge in [0.2, 0.25) is 11.8 Å². The summed E-state index contributed by atoms with van der Waals surface area (Å²) in [7, 11) is 0. The third kappa shape index (κ3) is 4.50. The van der Waals surface area contributed by atoms with Crippen LogP contribution in [0.5, 0.6) is 0 Å². The molecule has 30 heavy (non-hydrogen) atoms. The average molecular weight is 420 g/mol. The van der Waals surface area contributed by atoms with Crippen molar-refractivity contribution in [2.75, 3.05) is 19.6 Å². The first kappa shape index (κ1) is 22.3. The van der Waals surface area contributed by atoms with Crippen LogP contribution < -0.4 is 16.6 Å². The fraction of sp³-hybridized carbons (Fsp3) is 0.714. The second-order valence-electron chi connectivity index (χ2n) is 8.90. The van der Waals surface area contributed by atoms with Crippen LogP contribution in [0.2, 0.25) is 0 Å². The van der Waals surface area contributed by atoms with Crippen LogP contribution >= 0.6 is 0 Å². The Morgan fingerprint density at radius 3 is 2.47 bits per heavy atom. The second-order valence-corrected chi connectivity index (χ2v) is 8.90. The lowest BCUT2D eigenvalue weighted by Gasteiger charge is -2.52. The van der Waals surface area contributed by atoms with Crippen LogP contribution in [0, 0.1) is 5.92 Å². The lowest BCUT2D eigenvalue weighted by atomic mass is 9.80. The predicted molar refractivity (Wildman–Crippen MR) is 113 cm³/mol. The summed E-state index contributed by atoms with van der Waals surface area (Å²) in [6, 6.07) is -0.447. The zero-order valence-corrected chi connectivity index (χ0v) is 18.1. The van der Waals surface area contributed by atoms with E-state index in [1.165, 1.54) is 6.20 Å². The first-order chi connectivity index (χ1) is 14.3. The van der Waals surface area contributed by atoms with Gasteiger partial charge < -0.3 is 15.2 Å². The fourth-order valence-electron chi connectivity index (χ4n) is 4.52. The van der Waals surface area contributed by atoms with E-state index in [9.17, 15) is 19.2 Å². The first-order valence-corrected chi connectivity index (χ1v) is 10.9. The van der Waals surface area contributed by atoms with Crippen LogP contribution in [0.1, 0.15) is 58.4 Å². The summed E-state index contributed by atoms with van der Waals surface area (Å²) in [5, 5.41) is 3.00. The number of aromatic amines is 2. The molecule has 3 heterocycles. The van der Waals surface area contributed by atoms with Gasteiger partial charge in [0.05, 0.1) is 0 Å². The number of carbonyl (C=O) groups is 2. The van der Waals surface area contributed by atoms with Gasteiger partial charge in [0.25, 0.3) is 5.56 Å². The SMILES string of the molecule is CCCCN1C(=O)C(CC(C)C)NC(=O)C12CCN(Cc1c[nH]c(=O)[nH]c1=O)CC2.